The van der Waals surface area contributed by atoms with Crippen LogP contribution in [0.4, 0.5) is 11.5 Å². The lowest BCUT2D eigenvalue weighted by Crippen LogP contribution is -2.48. The largest absolute Gasteiger partial charge is 0.368 e. The molecule has 1 aromatic carbocycles. The molecule has 8 heteroatoms. The number of hydrogen-bond acceptors (Lipinski definition) is 6. The third-order valence-corrected chi connectivity index (χ3v) is 6.07. The molecule has 4 heterocycles. The molecule has 2 fully saturated rings. The second kappa shape index (κ2) is 8.75. The molecule has 2 aliphatic heterocycles. The molecule has 0 N–H and O–H groups in total. The van der Waals surface area contributed by atoms with Crippen molar-refractivity contribution in [2.75, 3.05) is 49.1 Å². The van der Waals surface area contributed by atoms with Crippen molar-refractivity contribution in [1.29, 1.82) is 0 Å². The van der Waals surface area contributed by atoms with Crippen molar-refractivity contribution < 1.29 is 4.79 Å². The molecule has 0 atom stereocenters. The van der Waals surface area contributed by atoms with E-state index in [0.29, 0.717) is 18.8 Å². The summed E-state index contributed by atoms with van der Waals surface area (Å²) in [6.07, 6.45) is 8.69. The molecule has 5 rings (SSSR count). The van der Waals surface area contributed by atoms with Crippen molar-refractivity contribution >= 4 is 17.4 Å². The third-order valence-electron chi connectivity index (χ3n) is 6.07. The number of imidazole rings is 1. The van der Waals surface area contributed by atoms with Gasteiger partial charge < -0.3 is 14.7 Å². The molecule has 0 spiro atoms. The molecule has 0 radical (unpaired) electrons. The summed E-state index contributed by atoms with van der Waals surface area (Å²) in [5.41, 5.74) is 1.65. The Balaban J connectivity index is 1.25. The van der Waals surface area contributed by atoms with Crippen LogP contribution in [-0.4, -0.2) is 69.6 Å². The minimum Gasteiger partial charge on any atom is -0.368 e. The van der Waals surface area contributed by atoms with E-state index < -0.39 is 0 Å². The van der Waals surface area contributed by atoms with Gasteiger partial charge in [-0.3, -0.25) is 9.36 Å². The second-order valence-electron chi connectivity index (χ2n) is 8.06. The Morgan fingerprint density at radius 2 is 1.52 bits per heavy atom. The van der Waals surface area contributed by atoms with E-state index in [0.717, 1.165) is 37.8 Å². The van der Waals surface area contributed by atoms with Gasteiger partial charge in [0.15, 0.2) is 0 Å². The van der Waals surface area contributed by atoms with E-state index in [1.165, 1.54) is 24.9 Å². The quantitative estimate of drug-likeness (QED) is 0.650. The number of amides is 1. The predicted molar refractivity (Wildman–Crippen MR) is 120 cm³/mol. The normalized spacial score (nSPS) is 17.1. The van der Waals surface area contributed by atoms with Crippen LogP contribution in [0.2, 0.25) is 0 Å². The fourth-order valence-corrected chi connectivity index (χ4v) is 4.30. The van der Waals surface area contributed by atoms with Crippen LogP contribution in [0, 0.1) is 0 Å². The Kier molecular flexibility index (Phi) is 5.52. The number of nitrogens with zero attached hydrogens (tertiary/aromatic N) is 7. The van der Waals surface area contributed by atoms with Gasteiger partial charge >= 0.3 is 0 Å². The monoisotopic (exact) mass is 417 g/mol. The lowest BCUT2D eigenvalue weighted by atomic mass is 10.1. The third kappa shape index (κ3) is 4.23. The molecule has 2 aliphatic rings. The van der Waals surface area contributed by atoms with Gasteiger partial charge in [0.25, 0.3) is 5.91 Å². The first kappa shape index (κ1) is 19.5. The average Bonchev–Trinajstić information content (AvgIpc) is 3.35. The standard InChI is InChI=1S/C23H27N7O/c31-23(29-13-11-27(12-14-29)19-7-3-1-4-8-19)20-16-30(18-26-20)22-15-21(24-17-25-22)28-9-5-2-6-10-28/h1,3-4,7-8,15-18H,2,5-6,9-14H2. The fraction of sp³-hybridized carbons (Fsp3) is 0.391. The van der Waals surface area contributed by atoms with Gasteiger partial charge in [0.2, 0.25) is 0 Å². The molecule has 3 aromatic rings. The fourth-order valence-electron chi connectivity index (χ4n) is 4.30. The van der Waals surface area contributed by atoms with E-state index in [9.17, 15) is 4.79 Å². The Bertz CT molecular complexity index is 1020. The zero-order valence-corrected chi connectivity index (χ0v) is 17.6. The first-order chi connectivity index (χ1) is 15.3. The summed E-state index contributed by atoms with van der Waals surface area (Å²) in [6, 6.07) is 12.3. The number of carbonyl (C=O) groups excluding carboxylic acids is 1. The number of piperazine rings is 1. The Labute approximate surface area is 182 Å². The smallest absolute Gasteiger partial charge is 0.274 e. The first-order valence-electron chi connectivity index (χ1n) is 11.0. The highest BCUT2D eigenvalue weighted by Crippen LogP contribution is 2.20. The number of benzene rings is 1. The van der Waals surface area contributed by atoms with Crippen molar-refractivity contribution in [2.24, 2.45) is 0 Å². The maximum absolute atomic E-state index is 13.0. The van der Waals surface area contributed by atoms with Crippen LogP contribution >= 0.6 is 0 Å². The second-order valence-corrected chi connectivity index (χ2v) is 8.06. The first-order valence-corrected chi connectivity index (χ1v) is 11.0. The molecule has 31 heavy (non-hydrogen) atoms. The van der Waals surface area contributed by atoms with E-state index in [-0.39, 0.29) is 5.91 Å². The van der Waals surface area contributed by atoms with Crippen molar-refractivity contribution in [1.82, 2.24) is 24.4 Å². The van der Waals surface area contributed by atoms with Crippen LogP contribution in [0.1, 0.15) is 29.8 Å². The molecule has 0 aliphatic carbocycles. The predicted octanol–water partition coefficient (Wildman–Crippen LogP) is 2.62. The number of aromatic nitrogens is 4. The number of hydrogen-bond donors (Lipinski definition) is 0. The average molecular weight is 418 g/mol. The van der Waals surface area contributed by atoms with Crippen molar-refractivity contribution in [2.45, 2.75) is 19.3 Å². The minimum absolute atomic E-state index is 0.0308. The summed E-state index contributed by atoms with van der Waals surface area (Å²) in [5.74, 6) is 1.64. The Hall–Kier alpha value is -3.42. The van der Waals surface area contributed by atoms with Gasteiger partial charge in [-0.05, 0) is 31.4 Å². The van der Waals surface area contributed by atoms with E-state index >= 15 is 0 Å². The van der Waals surface area contributed by atoms with E-state index in [4.69, 9.17) is 0 Å². The SMILES string of the molecule is O=C(c1cn(-c2cc(N3CCCCC3)ncn2)cn1)N1CCN(c2ccccc2)CC1. The van der Waals surface area contributed by atoms with Crippen LogP contribution in [0.25, 0.3) is 5.82 Å². The highest BCUT2D eigenvalue weighted by atomic mass is 16.2. The van der Waals surface area contributed by atoms with Gasteiger partial charge in [0, 0.05) is 57.2 Å². The Morgan fingerprint density at radius 3 is 2.29 bits per heavy atom. The summed E-state index contributed by atoms with van der Waals surface area (Å²) in [5, 5.41) is 0. The van der Waals surface area contributed by atoms with Gasteiger partial charge in [0.05, 0.1) is 0 Å². The van der Waals surface area contributed by atoms with E-state index in [1.807, 2.05) is 33.7 Å². The molecule has 8 nitrogen and oxygen atoms in total. The summed E-state index contributed by atoms with van der Waals surface area (Å²) in [4.78, 5) is 32.7. The number of carbonyl (C=O) groups is 1. The zero-order valence-electron chi connectivity index (χ0n) is 17.6. The van der Waals surface area contributed by atoms with E-state index in [2.05, 4.69) is 36.9 Å². The van der Waals surface area contributed by atoms with Gasteiger partial charge in [-0.1, -0.05) is 18.2 Å². The molecular weight excluding hydrogens is 390 g/mol. The number of rotatable bonds is 4. The highest BCUT2D eigenvalue weighted by molar-refractivity contribution is 5.92. The van der Waals surface area contributed by atoms with Crippen molar-refractivity contribution in [3.63, 3.8) is 0 Å². The van der Waals surface area contributed by atoms with Crippen molar-refractivity contribution in [3.8, 4) is 5.82 Å². The maximum atomic E-state index is 13.0. The maximum Gasteiger partial charge on any atom is 0.274 e. The van der Waals surface area contributed by atoms with Crippen molar-refractivity contribution in [3.05, 3.63) is 60.9 Å². The number of piperidine rings is 1. The summed E-state index contributed by atoms with van der Waals surface area (Å²) in [6.45, 7) is 5.07. The lowest BCUT2D eigenvalue weighted by Gasteiger charge is -2.35. The topological polar surface area (TPSA) is 70.4 Å². The van der Waals surface area contributed by atoms with Crippen LogP contribution in [0.15, 0.2) is 55.2 Å². The van der Waals surface area contributed by atoms with E-state index in [1.54, 1.807) is 18.9 Å². The summed E-state index contributed by atoms with van der Waals surface area (Å²) >= 11 is 0. The van der Waals surface area contributed by atoms with Crippen LogP contribution in [-0.2, 0) is 0 Å². The molecule has 2 aromatic heterocycles. The van der Waals surface area contributed by atoms with Gasteiger partial charge in [-0.2, -0.15) is 0 Å². The number of para-hydroxylation sites is 1. The summed E-state index contributed by atoms with van der Waals surface area (Å²) < 4.78 is 1.81. The molecule has 0 unspecified atom stereocenters. The van der Waals surface area contributed by atoms with Gasteiger partial charge in [0.1, 0.15) is 30.0 Å². The lowest BCUT2D eigenvalue weighted by molar-refractivity contribution is 0.0741. The molecule has 160 valence electrons. The Morgan fingerprint density at radius 1 is 0.774 bits per heavy atom. The molecule has 0 saturated carbocycles. The molecule has 1 amide bonds. The highest BCUT2D eigenvalue weighted by Gasteiger charge is 2.24. The van der Waals surface area contributed by atoms with Gasteiger partial charge in [-0.15, -0.1) is 0 Å². The minimum atomic E-state index is -0.0308. The molecular formula is C23H27N7O. The molecule has 0 bridgehead atoms. The van der Waals surface area contributed by atoms with Crippen LogP contribution in [0.5, 0.6) is 0 Å². The number of anilines is 2. The summed E-state index contributed by atoms with van der Waals surface area (Å²) in [7, 11) is 0. The van der Waals surface area contributed by atoms with Crippen LogP contribution in [0.3, 0.4) is 0 Å². The van der Waals surface area contributed by atoms with Gasteiger partial charge in [-0.25, -0.2) is 15.0 Å². The zero-order chi connectivity index (χ0) is 21.0. The molecule has 2 saturated heterocycles. The van der Waals surface area contributed by atoms with Crippen LogP contribution < -0.4 is 9.80 Å².